The molecule has 4 N–H and O–H groups in total. The second-order valence-electron chi connectivity index (χ2n) is 4.49. The fraction of sp³-hybridized carbons (Fsp3) is 0.214. The lowest BCUT2D eigenvalue weighted by molar-refractivity contribution is 0.0994. The van der Waals surface area contributed by atoms with Crippen molar-refractivity contribution in [3.8, 4) is 11.6 Å². The molecular weight excluding hydrogens is 256 g/mol. The van der Waals surface area contributed by atoms with E-state index in [1.807, 2.05) is 26.0 Å². The lowest BCUT2D eigenvalue weighted by Gasteiger charge is -2.12. The first-order valence-corrected chi connectivity index (χ1v) is 6.13. The van der Waals surface area contributed by atoms with Crippen molar-refractivity contribution >= 4 is 5.91 Å². The molecule has 6 nitrogen and oxygen atoms in total. The monoisotopic (exact) mass is 272 g/mol. The highest BCUT2D eigenvalue weighted by Gasteiger charge is 2.09. The van der Waals surface area contributed by atoms with E-state index < -0.39 is 5.91 Å². The van der Waals surface area contributed by atoms with Crippen LogP contribution in [0.25, 0.3) is 0 Å². The van der Waals surface area contributed by atoms with E-state index in [0.29, 0.717) is 18.2 Å². The minimum Gasteiger partial charge on any atom is -0.437 e. The van der Waals surface area contributed by atoms with Crippen molar-refractivity contribution in [2.45, 2.75) is 20.4 Å². The number of carbonyl (C=O) groups is 1. The van der Waals surface area contributed by atoms with Gasteiger partial charge < -0.3 is 16.2 Å². The molecule has 0 radical (unpaired) electrons. The van der Waals surface area contributed by atoms with Gasteiger partial charge in [-0.15, -0.1) is 10.2 Å². The zero-order valence-electron chi connectivity index (χ0n) is 11.4. The Balaban J connectivity index is 2.28. The molecule has 1 aromatic heterocycles. The van der Waals surface area contributed by atoms with Gasteiger partial charge in [0.15, 0.2) is 5.69 Å². The first-order valence-electron chi connectivity index (χ1n) is 6.13. The predicted octanol–water partition coefficient (Wildman–Crippen LogP) is 1.44. The number of hydrogen-bond donors (Lipinski definition) is 2. The minimum absolute atomic E-state index is 0.101. The molecule has 6 heteroatoms. The summed E-state index contributed by atoms with van der Waals surface area (Å²) in [6, 6.07) is 6.97. The molecule has 0 aliphatic rings. The van der Waals surface area contributed by atoms with Crippen molar-refractivity contribution in [3.63, 3.8) is 0 Å². The van der Waals surface area contributed by atoms with Crippen LogP contribution in [0.5, 0.6) is 11.6 Å². The number of primary amides is 1. The highest BCUT2D eigenvalue weighted by atomic mass is 16.5. The van der Waals surface area contributed by atoms with Crippen LogP contribution in [0.15, 0.2) is 24.3 Å². The summed E-state index contributed by atoms with van der Waals surface area (Å²) in [5.74, 6) is 0.397. The summed E-state index contributed by atoms with van der Waals surface area (Å²) in [6.45, 7) is 4.36. The molecule has 0 aliphatic carbocycles. The Morgan fingerprint density at radius 2 is 1.85 bits per heavy atom. The van der Waals surface area contributed by atoms with Crippen LogP contribution in [0.4, 0.5) is 0 Å². The Bertz CT molecular complexity index is 615. The van der Waals surface area contributed by atoms with Crippen LogP contribution >= 0.6 is 0 Å². The standard InChI is InChI=1S/C14H16N4O2/c1-8-5-10(7-15)6-9(2)13(8)20-12-4-3-11(14(16)19)17-18-12/h3-6H,7,15H2,1-2H3,(H2,16,19). The molecule has 1 heterocycles. The van der Waals surface area contributed by atoms with E-state index in [2.05, 4.69) is 10.2 Å². The van der Waals surface area contributed by atoms with Crippen LogP contribution in [0.3, 0.4) is 0 Å². The second kappa shape index (κ2) is 5.66. The van der Waals surface area contributed by atoms with Crippen LogP contribution in [0.2, 0.25) is 0 Å². The number of nitrogens with two attached hydrogens (primary N) is 2. The van der Waals surface area contributed by atoms with Crippen molar-refractivity contribution in [3.05, 3.63) is 46.6 Å². The molecule has 0 fully saturated rings. The number of ether oxygens (including phenoxy) is 1. The molecule has 20 heavy (non-hydrogen) atoms. The smallest absolute Gasteiger partial charge is 0.269 e. The van der Waals surface area contributed by atoms with Crippen molar-refractivity contribution < 1.29 is 9.53 Å². The Hall–Kier alpha value is -2.47. The van der Waals surface area contributed by atoms with Gasteiger partial charge in [-0.05, 0) is 36.6 Å². The maximum atomic E-state index is 10.9. The molecule has 2 rings (SSSR count). The maximum absolute atomic E-state index is 10.9. The Morgan fingerprint density at radius 3 is 2.30 bits per heavy atom. The van der Waals surface area contributed by atoms with Crippen molar-refractivity contribution in [1.82, 2.24) is 10.2 Å². The predicted molar refractivity (Wildman–Crippen MR) is 74.4 cm³/mol. The molecule has 0 unspecified atom stereocenters. The number of benzene rings is 1. The molecule has 104 valence electrons. The summed E-state index contributed by atoms with van der Waals surface area (Å²) in [5, 5.41) is 7.52. The molecule has 0 aliphatic heterocycles. The third-order valence-electron chi connectivity index (χ3n) is 2.85. The van der Waals surface area contributed by atoms with Crippen molar-refractivity contribution in [2.75, 3.05) is 0 Å². The number of carbonyl (C=O) groups excluding carboxylic acids is 1. The highest BCUT2D eigenvalue weighted by Crippen LogP contribution is 2.28. The molecular formula is C14H16N4O2. The van der Waals surface area contributed by atoms with Crippen LogP contribution in [0.1, 0.15) is 27.2 Å². The largest absolute Gasteiger partial charge is 0.437 e. The molecule has 0 saturated heterocycles. The van der Waals surface area contributed by atoms with E-state index in [0.717, 1.165) is 16.7 Å². The third kappa shape index (κ3) is 2.92. The zero-order valence-corrected chi connectivity index (χ0v) is 11.4. The lowest BCUT2D eigenvalue weighted by atomic mass is 10.1. The average Bonchev–Trinajstić information content (AvgIpc) is 2.43. The van der Waals surface area contributed by atoms with Gasteiger partial charge in [0.25, 0.3) is 5.91 Å². The van der Waals surface area contributed by atoms with Gasteiger partial charge in [-0.2, -0.15) is 0 Å². The molecule has 0 spiro atoms. The fourth-order valence-corrected chi connectivity index (χ4v) is 1.93. The van der Waals surface area contributed by atoms with Gasteiger partial charge >= 0.3 is 0 Å². The first kappa shape index (κ1) is 14.0. The van der Waals surface area contributed by atoms with E-state index in [-0.39, 0.29) is 5.69 Å². The van der Waals surface area contributed by atoms with E-state index in [4.69, 9.17) is 16.2 Å². The van der Waals surface area contributed by atoms with E-state index in [9.17, 15) is 4.79 Å². The zero-order chi connectivity index (χ0) is 14.7. The van der Waals surface area contributed by atoms with Gasteiger partial charge in [-0.1, -0.05) is 12.1 Å². The summed E-state index contributed by atoms with van der Waals surface area (Å²) >= 11 is 0. The average molecular weight is 272 g/mol. The van der Waals surface area contributed by atoms with Crippen LogP contribution in [-0.2, 0) is 6.54 Å². The number of nitrogens with zero attached hydrogens (tertiary/aromatic N) is 2. The molecule has 2 aromatic rings. The van der Waals surface area contributed by atoms with Gasteiger partial charge in [0.2, 0.25) is 5.88 Å². The number of amides is 1. The molecule has 0 atom stereocenters. The summed E-state index contributed by atoms with van der Waals surface area (Å²) in [6.07, 6.45) is 0. The molecule has 0 saturated carbocycles. The van der Waals surface area contributed by atoms with Gasteiger partial charge in [0, 0.05) is 12.6 Å². The fourth-order valence-electron chi connectivity index (χ4n) is 1.93. The summed E-state index contributed by atoms with van der Waals surface area (Å²) < 4.78 is 5.71. The second-order valence-corrected chi connectivity index (χ2v) is 4.49. The van der Waals surface area contributed by atoms with Gasteiger partial charge in [0.1, 0.15) is 5.75 Å². The summed E-state index contributed by atoms with van der Waals surface area (Å²) in [7, 11) is 0. The normalized spacial score (nSPS) is 10.3. The van der Waals surface area contributed by atoms with E-state index >= 15 is 0 Å². The molecule has 1 aromatic carbocycles. The Kier molecular flexibility index (Phi) is 3.95. The quantitative estimate of drug-likeness (QED) is 0.876. The van der Waals surface area contributed by atoms with Gasteiger partial charge in [-0.25, -0.2) is 0 Å². The number of aromatic nitrogens is 2. The van der Waals surface area contributed by atoms with Crippen LogP contribution in [0, 0.1) is 13.8 Å². The van der Waals surface area contributed by atoms with E-state index in [1.54, 1.807) is 6.07 Å². The third-order valence-corrected chi connectivity index (χ3v) is 2.85. The van der Waals surface area contributed by atoms with Crippen LogP contribution in [-0.4, -0.2) is 16.1 Å². The van der Waals surface area contributed by atoms with Crippen molar-refractivity contribution in [2.24, 2.45) is 11.5 Å². The van der Waals surface area contributed by atoms with E-state index in [1.165, 1.54) is 6.07 Å². The SMILES string of the molecule is Cc1cc(CN)cc(C)c1Oc1ccc(C(N)=O)nn1. The Labute approximate surface area is 116 Å². The summed E-state index contributed by atoms with van der Waals surface area (Å²) in [4.78, 5) is 10.9. The number of aryl methyl sites for hydroxylation is 2. The molecule has 1 amide bonds. The van der Waals surface area contributed by atoms with Gasteiger partial charge in [-0.3, -0.25) is 4.79 Å². The number of rotatable bonds is 4. The van der Waals surface area contributed by atoms with Gasteiger partial charge in [0.05, 0.1) is 0 Å². The van der Waals surface area contributed by atoms with Crippen LogP contribution < -0.4 is 16.2 Å². The number of hydrogen-bond acceptors (Lipinski definition) is 5. The molecule has 0 bridgehead atoms. The lowest BCUT2D eigenvalue weighted by Crippen LogP contribution is -2.13. The topological polar surface area (TPSA) is 104 Å². The summed E-state index contributed by atoms with van der Waals surface area (Å²) in [5.41, 5.74) is 13.8. The highest BCUT2D eigenvalue weighted by molar-refractivity contribution is 5.90. The maximum Gasteiger partial charge on any atom is 0.269 e. The Morgan fingerprint density at radius 1 is 1.20 bits per heavy atom. The minimum atomic E-state index is -0.622. The van der Waals surface area contributed by atoms with Crippen molar-refractivity contribution in [1.29, 1.82) is 0 Å². The first-order chi connectivity index (χ1) is 9.51.